The Hall–Kier alpha value is -5.48. The molecule has 4 aromatic carbocycles. The van der Waals surface area contributed by atoms with Crippen LogP contribution in [0.4, 0.5) is 16.5 Å². The lowest BCUT2D eigenvalue weighted by molar-refractivity contribution is -0.118. The minimum absolute atomic E-state index is 0.136. The minimum Gasteiger partial charge on any atom is -0.497 e. The van der Waals surface area contributed by atoms with Crippen LogP contribution < -0.4 is 25.5 Å². The van der Waals surface area contributed by atoms with Gasteiger partial charge in [0.1, 0.15) is 11.5 Å². The number of nitrogens with one attached hydrogen (secondary N) is 3. The van der Waals surface area contributed by atoms with Crippen molar-refractivity contribution in [1.29, 1.82) is 0 Å². The van der Waals surface area contributed by atoms with Crippen molar-refractivity contribution in [2.24, 2.45) is 5.10 Å². The van der Waals surface area contributed by atoms with Crippen LogP contribution in [0.25, 0.3) is 11.3 Å². The second kappa shape index (κ2) is 13.7. The Labute approximate surface area is 246 Å². The van der Waals surface area contributed by atoms with Crippen molar-refractivity contribution in [2.75, 3.05) is 24.4 Å². The maximum Gasteiger partial charge on any atom is 0.271 e. The molecule has 9 nitrogen and oxygen atoms in total. The Morgan fingerprint density at radius 2 is 1.57 bits per heavy atom. The highest BCUT2D eigenvalue weighted by Gasteiger charge is 2.09. The molecule has 0 spiro atoms. The number of carbonyl (C=O) groups is 2. The first-order valence-electron chi connectivity index (χ1n) is 12.9. The summed E-state index contributed by atoms with van der Waals surface area (Å²) in [4.78, 5) is 29.3. The van der Waals surface area contributed by atoms with E-state index >= 15 is 0 Å². The Morgan fingerprint density at radius 3 is 2.29 bits per heavy atom. The molecule has 0 saturated carbocycles. The van der Waals surface area contributed by atoms with Gasteiger partial charge in [-0.3, -0.25) is 9.59 Å². The molecule has 3 N–H and O–H groups in total. The fraction of sp³-hybridized carbons (Fsp3) is 0.0625. The molecule has 1 heterocycles. The summed E-state index contributed by atoms with van der Waals surface area (Å²) in [6.07, 6.45) is 1.53. The molecule has 210 valence electrons. The molecule has 42 heavy (non-hydrogen) atoms. The average molecular weight is 578 g/mol. The van der Waals surface area contributed by atoms with Crippen molar-refractivity contribution in [2.45, 2.75) is 0 Å². The zero-order valence-corrected chi connectivity index (χ0v) is 23.4. The molecule has 0 bridgehead atoms. The summed E-state index contributed by atoms with van der Waals surface area (Å²) in [6, 6.07) is 31.1. The Bertz CT molecular complexity index is 1650. The van der Waals surface area contributed by atoms with Crippen molar-refractivity contribution in [1.82, 2.24) is 10.4 Å². The van der Waals surface area contributed by atoms with E-state index in [1.807, 2.05) is 47.8 Å². The van der Waals surface area contributed by atoms with Gasteiger partial charge in [-0.1, -0.05) is 30.3 Å². The van der Waals surface area contributed by atoms with E-state index in [0.717, 1.165) is 27.6 Å². The van der Waals surface area contributed by atoms with E-state index < -0.39 is 0 Å². The topological polar surface area (TPSA) is 114 Å². The summed E-state index contributed by atoms with van der Waals surface area (Å²) in [7, 11) is 1.58. The third-order valence-electron chi connectivity index (χ3n) is 5.98. The summed E-state index contributed by atoms with van der Waals surface area (Å²) in [6.45, 7) is -0.136. The first kappa shape index (κ1) is 28.1. The van der Waals surface area contributed by atoms with Crippen LogP contribution in [0, 0.1) is 0 Å². The highest BCUT2D eigenvalue weighted by molar-refractivity contribution is 7.14. The van der Waals surface area contributed by atoms with Gasteiger partial charge in [0.05, 0.1) is 19.0 Å². The van der Waals surface area contributed by atoms with E-state index in [1.165, 1.54) is 17.6 Å². The molecule has 0 radical (unpaired) electrons. The van der Waals surface area contributed by atoms with E-state index in [2.05, 4.69) is 26.1 Å². The summed E-state index contributed by atoms with van der Waals surface area (Å²) < 4.78 is 10.7. The molecule has 0 saturated heterocycles. The van der Waals surface area contributed by atoms with Gasteiger partial charge in [0.25, 0.3) is 11.8 Å². The van der Waals surface area contributed by atoms with Gasteiger partial charge >= 0.3 is 0 Å². The number of aromatic nitrogens is 1. The van der Waals surface area contributed by atoms with Gasteiger partial charge in [-0.2, -0.15) is 5.10 Å². The predicted molar refractivity (Wildman–Crippen MR) is 166 cm³/mol. The van der Waals surface area contributed by atoms with Crippen molar-refractivity contribution < 1.29 is 19.1 Å². The van der Waals surface area contributed by atoms with Crippen LogP contribution in [0.2, 0.25) is 0 Å². The number of hydrogen-bond acceptors (Lipinski definition) is 8. The molecule has 0 aliphatic rings. The van der Waals surface area contributed by atoms with Gasteiger partial charge in [0.15, 0.2) is 11.7 Å². The monoisotopic (exact) mass is 577 g/mol. The lowest BCUT2D eigenvalue weighted by Crippen LogP contribution is -2.20. The largest absolute Gasteiger partial charge is 0.497 e. The Balaban J connectivity index is 1.07. The Morgan fingerprint density at radius 1 is 0.857 bits per heavy atom. The zero-order valence-electron chi connectivity index (χ0n) is 22.6. The van der Waals surface area contributed by atoms with E-state index in [-0.39, 0.29) is 18.4 Å². The van der Waals surface area contributed by atoms with Gasteiger partial charge in [0.2, 0.25) is 0 Å². The third-order valence-corrected chi connectivity index (χ3v) is 6.73. The average Bonchev–Trinajstić information content (AvgIpc) is 3.50. The SMILES string of the molecule is COc1ccc(NC(=O)COc2ccc(/C=N/NC(=O)c3ccc(-c4csc(Nc5ccccc5)n4)cc3)cc2)cc1. The number of methoxy groups -OCH3 is 1. The number of hydrazone groups is 1. The molecule has 1 aromatic heterocycles. The van der Waals surface area contributed by atoms with Crippen molar-refractivity contribution in [3.05, 3.63) is 120 Å². The molecule has 0 fully saturated rings. The van der Waals surface area contributed by atoms with E-state index in [1.54, 1.807) is 67.8 Å². The van der Waals surface area contributed by atoms with Crippen LogP contribution in [0.15, 0.2) is 114 Å². The van der Waals surface area contributed by atoms with E-state index in [9.17, 15) is 9.59 Å². The lowest BCUT2D eigenvalue weighted by Gasteiger charge is -2.08. The normalized spacial score (nSPS) is 10.7. The van der Waals surface area contributed by atoms with Crippen LogP contribution >= 0.6 is 11.3 Å². The highest BCUT2D eigenvalue weighted by atomic mass is 32.1. The molecule has 10 heteroatoms. The van der Waals surface area contributed by atoms with Crippen LogP contribution in [0.3, 0.4) is 0 Å². The minimum atomic E-state index is -0.328. The van der Waals surface area contributed by atoms with Gasteiger partial charge in [-0.15, -0.1) is 11.3 Å². The van der Waals surface area contributed by atoms with Gasteiger partial charge < -0.3 is 20.1 Å². The van der Waals surface area contributed by atoms with Gasteiger partial charge in [-0.25, -0.2) is 10.4 Å². The molecule has 2 amide bonds. The van der Waals surface area contributed by atoms with Gasteiger partial charge in [0, 0.05) is 27.9 Å². The fourth-order valence-corrected chi connectivity index (χ4v) is 4.54. The number of benzene rings is 4. The molecular formula is C32H27N5O4S. The van der Waals surface area contributed by atoms with Crippen molar-refractivity contribution in [3.8, 4) is 22.8 Å². The number of nitrogens with zero attached hydrogens (tertiary/aromatic N) is 2. The first-order valence-corrected chi connectivity index (χ1v) is 13.8. The zero-order chi connectivity index (χ0) is 29.1. The number of carbonyl (C=O) groups excluding carboxylic acids is 2. The summed E-state index contributed by atoms with van der Waals surface area (Å²) >= 11 is 1.51. The molecule has 5 rings (SSSR count). The van der Waals surface area contributed by atoms with E-state index in [0.29, 0.717) is 22.7 Å². The molecule has 0 atom stereocenters. The number of rotatable bonds is 11. The number of amides is 2. The van der Waals surface area contributed by atoms with Crippen LogP contribution in [0.1, 0.15) is 15.9 Å². The van der Waals surface area contributed by atoms with Gasteiger partial charge in [-0.05, 0) is 78.4 Å². The number of ether oxygens (including phenoxy) is 2. The van der Waals surface area contributed by atoms with Crippen molar-refractivity contribution >= 4 is 45.9 Å². The predicted octanol–water partition coefficient (Wildman–Crippen LogP) is 6.34. The standard InChI is InChI=1S/C32H27N5O4S/c1-40-27-17-13-26(14-18-27)34-30(38)20-41-28-15-7-22(8-16-28)19-33-37-31(39)24-11-9-23(10-12-24)29-21-42-32(36-29)35-25-5-3-2-4-6-25/h2-19,21H,20H2,1H3,(H,34,38)(H,35,36)(H,37,39)/b33-19+. The summed E-state index contributed by atoms with van der Waals surface area (Å²) in [5, 5.41) is 12.9. The number of para-hydroxylation sites is 1. The summed E-state index contributed by atoms with van der Waals surface area (Å²) in [5.74, 6) is 0.632. The Kier molecular flexibility index (Phi) is 9.17. The van der Waals surface area contributed by atoms with E-state index in [4.69, 9.17) is 9.47 Å². The van der Waals surface area contributed by atoms with Crippen molar-refractivity contribution in [3.63, 3.8) is 0 Å². The highest BCUT2D eigenvalue weighted by Crippen LogP contribution is 2.27. The lowest BCUT2D eigenvalue weighted by atomic mass is 10.1. The number of hydrogen-bond donors (Lipinski definition) is 3. The molecule has 0 aliphatic carbocycles. The van der Waals surface area contributed by atoms with Crippen LogP contribution in [-0.4, -0.2) is 36.7 Å². The van der Waals surface area contributed by atoms with Crippen LogP contribution in [-0.2, 0) is 4.79 Å². The third kappa shape index (κ3) is 7.80. The summed E-state index contributed by atoms with van der Waals surface area (Å²) in [5.41, 5.74) is 7.13. The smallest absolute Gasteiger partial charge is 0.271 e. The number of thiazole rings is 1. The van der Waals surface area contributed by atoms with Crippen LogP contribution in [0.5, 0.6) is 11.5 Å². The first-order chi connectivity index (χ1) is 20.6. The molecule has 0 unspecified atom stereocenters. The fourth-order valence-electron chi connectivity index (χ4n) is 3.80. The molecule has 5 aromatic rings. The number of anilines is 3. The maximum atomic E-state index is 12.5. The maximum absolute atomic E-state index is 12.5. The second-order valence-corrected chi connectivity index (χ2v) is 9.80. The quantitative estimate of drug-likeness (QED) is 0.125. The molecule has 0 aliphatic heterocycles. The molecular weight excluding hydrogens is 550 g/mol. The second-order valence-electron chi connectivity index (χ2n) is 8.94.